The van der Waals surface area contributed by atoms with E-state index in [4.69, 9.17) is 17.4 Å². The first-order chi connectivity index (χ1) is 10.1. The number of aromatic nitrogens is 2. The molecule has 0 spiro atoms. The number of likely N-dealkylation sites (N-methyl/N-ethyl adjacent to an activating group) is 1. The highest BCUT2D eigenvalue weighted by atomic mass is 35.5. The van der Waals surface area contributed by atoms with Gasteiger partial charge < -0.3 is 4.90 Å². The lowest BCUT2D eigenvalue weighted by Crippen LogP contribution is -2.33. The number of nitrogens with zero attached hydrogens (tertiary/aromatic N) is 3. The number of rotatable bonds is 6. The van der Waals surface area contributed by atoms with E-state index in [-0.39, 0.29) is 6.04 Å². The lowest BCUT2D eigenvalue weighted by molar-refractivity contribution is 0.353. The van der Waals surface area contributed by atoms with Crippen molar-refractivity contribution >= 4 is 11.6 Å². The van der Waals surface area contributed by atoms with E-state index in [1.807, 2.05) is 4.68 Å². The quantitative estimate of drug-likeness (QED) is 0.623. The van der Waals surface area contributed by atoms with E-state index in [1.165, 1.54) is 25.7 Å². The summed E-state index contributed by atoms with van der Waals surface area (Å²) in [4.78, 5) is 2.15. The molecule has 0 bridgehead atoms. The second-order valence-electron chi connectivity index (χ2n) is 6.74. The summed E-state index contributed by atoms with van der Waals surface area (Å²) in [6.07, 6.45) is 7.17. The van der Waals surface area contributed by atoms with E-state index in [1.54, 1.807) is 6.20 Å². The van der Waals surface area contributed by atoms with Crippen LogP contribution in [0.3, 0.4) is 0 Å². The van der Waals surface area contributed by atoms with Gasteiger partial charge in [0, 0.05) is 6.54 Å². The van der Waals surface area contributed by atoms with Crippen LogP contribution < -0.4 is 11.3 Å². The van der Waals surface area contributed by atoms with Crippen molar-refractivity contribution in [2.45, 2.75) is 38.3 Å². The third-order valence-electron chi connectivity index (χ3n) is 5.17. The summed E-state index contributed by atoms with van der Waals surface area (Å²) in [5.41, 5.74) is 4.10. The molecule has 21 heavy (non-hydrogen) atoms. The average Bonchev–Trinajstić information content (AvgIpc) is 3.08. The largest absolute Gasteiger partial charge is 0.308 e. The number of hydrazine groups is 1. The number of hydrogen-bond acceptors (Lipinski definition) is 4. The SMILES string of the molecule is CN(C)CCn1ncc(Cl)c1C(NN)C1C2CCCCC21. The van der Waals surface area contributed by atoms with E-state index in [9.17, 15) is 0 Å². The van der Waals surface area contributed by atoms with Crippen LogP contribution in [0.1, 0.15) is 37.4 Å². The number of nitrogens with one attached hydrogen (secondary N) is 1. The molecule has 0 radical (unpaired) electrons. The summed E-state index contributed by atoms with van der Waals surface area (Å²) < 4.78 is 2.02. The van der Waals surface area contributed by atoms with Gasteiger partial charge in [-0.05, 0) is 44.7 Å². The molecule has 0 aliphatic heterocycles. The molecule has 2 saturated carbocycles. The normalized spacial score (nSPS) is 29.5. The summed E-state index contributed by atoms with van der Waals surface area (Å²) in [6, 6.07) is 0.135. The van der Waals surface area contributed by atoms with Crippen LogP contribution in [0, 0.1) is 17.8 Å². The third kappa shape index (κ3) is 2.97. The molecule has 3 atom stereocenters. The minimum absolute atomic E-state index is 0.135. The summed E-state index contributed by atoms with van der Waals surface area (Å²) in [6.45, 7) is 1.79. The molecule has 1 aromatic rings. The third-order valence-corrected chi connectivity index (χ3v) is 5.47. The monoisotopic (exact) mass is 311 g/mol. The predicted molar refractivity (Wildman–Crippen MR) is 84.8 cm³/mol. The van der Waals surface area contributed by atoms with Crippen molar-refractivity contribution in [2.75, 3.05) is 20.6 Å². The van der Waals surface area contributed by atoms with E-state index >= 15 is 0 Å². The first-order valence-corrected chi connectivity index (χ1v) is 8.33. The van der Waals surface area contributed by atoms with Crippen LogP contribution in [0.15, 0.2) is 6.20 Å². The molecule has 1 aromatic heterocycles. The van der Waals surface area contributed by atoms with Crippen molar-refractivity contribution in [3.8, 4) is 0 Å². The minimum atomic E-state index is 0.135. The van der Waals surface area contributed by atoms with Crippen LogP contribution in [0.2, 0.25) is 5.02 Å². The van der Waals surface area contributed by atoms with E-state index in [2.05, 4.69) is 29.5 Å². The van der Waals surface area contributed by atoms with Gasteiger partial charge >= 0.3 is 0 Å². The van der Waals surface area contributed by atoms with Gasteiger partial charge in [0.1, 0.15) is 0 Å². The van der Waals surface area contributed by atoms with E-state index < -0.39 is 0 Å². The fraction of sp³-hybridized carbons (Fsp3) is 0.800. The molecule has 1 heterocycles. The maximum Gasteiger partial charge on any atom is 0.0834 e. The highest BCUT2D eigenvalue weighted by Gasteiger charge is 2.55. The number of halogens is 1. The van der Waals surface area contributed by atoms with Gasteiger partial charge in [0.05, 0.1) is 29.5 Å². The Bertz CT molecular complexity index is 474. The molecular formula is C15H26ClN5. The topological polar surface area (TPSA) is 59.1 Å². The van der Waals surface area contributed by atoms with Crippen molar-refractivity contribution in [3.63, 3.8) is 0 Å². The molecule has 3 rings (SSSR count). The first kappa shape index (κ1) is 15.3. The number of hydrogen-bond donors (Lipinski definition) is 2. The average molecular weight is 312 g/mol. The van der Waals surface area contributed by atoms with Crippen LogP contribution in [0.5, 0.6) is 0 Å². The molecule has 2 aliphatic rings. The molecule has 0 saturated heterocycles. The molecule has 3 N–H and O–H groups in total. The predicted octanol–water partition coefficient (Wildman–Crippen LogP) is 2.04. The zero-order valence-corrected chi connectivity index (χ0v) is 13.7. The number of nitrogens with two attached hydrogens (primary N) is 1. The fourth-order valence-electron chi connectivity index (χ4n) is 4.07. The Morgan fingerprint density at radius 2 is 2.10 bits per heavy atom. The molecular weight excluding hydrogens is 286 g/mol. The Morgan fingerprint density at radius 1 is 1.43 bits per heavy atom. The van der Waals surface area contributed by atoms with Crippen molar-refractivity contribution in [2.24, 2.45) is 23.6 Å². The molecule has 2 fully saturated rings. The van der Waals surface area contributed by atoms with Gasteiger partial charge in [0.2, 0.25) is 0 Å². The summed E-state index contributed by atoms with van der Waals surface area (Å²) in [7, 11) is 4.14. The summed E-state index contributed by atoms with van der Waals surface area (Å²) in [5, 5.41) is 5.18. The van der Waals surface area contributed by atoms with Crippen molar-refractivity contribution in [1.82, 2.24) is 20.1 Å². The molecule has 3 unspecified atom stereocenters. The zero-order chi connectivity index (χ0) is 15.0. The lowest BCUT2D eigenvalue weighted by Gasteiger charge is -2.20. The molecule has 118 valence electrons. The van der Waals surface area contributed by atoms with Crippen molar-refractivity contribution in [1.29, 1.82) is 0 Å². The highest BCUT2D eigenvalue weighted by molar-refractivity contribution is 6.31. The maximum absolute atomic E-state index is 6.41. The standard InChI is InChI=1S/C15H26ClN5/c1-20(2)7-8-21-15(12(16)9-18-21)14(19-17)13-10-5-3-4-6-11(10)13/h9-11,13-14,19H,3-8,17H2,1-2H3. The van der Waals surface area contributed by atoms with Gasteiger partial charge in [-0.3, -0.25) is 16.0 Å². The second-order valence-corrected chi connectivity index (χ2v) is 7.15. The van der Waals surface area contributed by atoms with E-state index in [0.29, 0.717) is 5.92 Å². The second kappa shape index (κ2) is 6.24. The fourth-order valence-corrected chi connectivity index (χ4v) is 4.33. The van der Waals surface area contributed by atoms with Crippen molar-refractivity contribution in [3.05, 3.63) is 16.9 Å². The molecule has 5 nitrogen and oxygen atoms in total. The Labute approximate surface area is 131 Å². The minimum Gasteiger partial charge on any atom is -0.308 e. The molecule has 0 aromatic carbocycles. The van der Waals surface area contributed by atoms with Crippen LogP contribution in [0.4, 0.5) is 0 Å². The Hall–Kier alpha value is -0.620. The Kier molecular flexibility index (Phi) is 4.54. The van der Waals surface area contributed by atoms with E-state index in [0.717, 1.165) is 35.6 Å². The van der Waals surface area contributed by atoms with Gasteiger partial charge in [-0.1, -0.05) is 24.4 Å². The summed E-state index contributed by atoms with van der Waals surface area (Å²) >= 11 is 6.41. The number of fused-ring (bicyclic) bond motifs is 1. The smallest absolute Gasteiger partial charge is 0.0834 e. The molecule has 6 heteroatoms. The highest BCUT2D eigenvalue weighted by Crippen LogP contribution is 2.60. The van der Waals surface area contributed by atoms with Crippen molar-refractivity contribution < 1.29 is 0 Å². The van der Waals surface area contributed by atoms with Gasteiger partial charge in [0.15, 0.2) is 0 Å². The molecule has 2 aliphatic carbocycles. The van der Waals surface area contributed by atoms with Gasteiger partial charge in [0.25, 0.3) is 0 Å². The Balaban J connectivity index is 1.79. The van der Waals surface area contributed by atoms with Crippen LogP contribution in [-0.2, 0) is 6.54 Å². The van der Waals surface area contributed by atoms with Crippen LogP contribution in [0.25, 0.3) is 0 Å². The van der Waals surface area contributed by atoms with Gasteiger partial charge in [-0.25, -0.2) is 0 Å². The van der Waals surface area contributed by atoms with Gasteiger partial charge in [-0.2, -0.15) is 5.10 Å². The first-order valence-electron chi connectivity index (χ1n) is 7.95. The van der Waals surface area contributed by atoms with Crippen LogP contribution in [-0.4, -0.2) is 35.3 Å². The van der Waals surface area contributed by atoms with Gasteiger partial charge in [-0.15, -0.1) is 0 Å². The Morgan fingerprint density at radius 3 is 2.67 bits per heavy atom. The summed E-state index contributed by atoms with van der Waals surface area (Å²) in [5.74, 6) is 8.18. The van der Waals surface area contributed by atoms with Crippen LogP contribution >= 0.6 is 11.6 Å². The maximum atomic E-state index is 6.41. The lowest BCUT2D eigenvalue weighted by atomic mass is 10.0. The molecule has 0 amide bonds. The zero-order valence-electron chi connectivity index (χ0n) is 12.9.